The second-order valence-electron chi connectivity index (χ2n) is 15.2. The molecule has 50 heavy (non-hydrogen) atoms. The van der Waals surface area contributed by atoms with E-state index in [0.717, 1.165) is 73.0 Å². The highest BCUT2D eigenvalue weighted by Gasteiger charge is 2.29. The molecule has 0 aliphatic heterocycles. The Balaban J connectivity index is 1.11. The Labute approximate surface area is 301 Å². The van der Waals surface area contributed by atoms with Crippen molar-refractivity contribution in [3.05, 3.63) is 83.7 Å². The van der Waals surface area contributed by atoms with Gasteiger partial charge in [0.1, 0.15) is 5.82 Å². The number of rotatable bonds is 19. The molecule has 2 aliphatic rings. The summed E-state index contributed by atoms with van der Waals surface area (Å²) in [4.78, 5) is 0. The van der Waals surface area contributed by atoms with Crippen molar-refractivity contribution in [2.24, 2.45) is 17.8 Å². The first-order valence-corrected chi connectivity index (χ1v) is 20.2. The van der Waals surface area contributed by atoms with Crippen LogP contribution in [0.3, 0.4) is 0 Å². The van der Waals surface area contributed by atoms with Crippen LogP contribution in [0.15, 0.2) is 60.7 Å². The van der Waals surface area contributed by atoms with Crippen LogP contribution in [0.25, 0.3) is 27.8 Å². The predicted octanol–water partition coefficient (Wildman–Crippen LogP) is 14.9. The Hall–Kier alpha value is -3.01. The minimum absolute atomic E-state index is 0.0426. The number of ether oxygens (including phenoxy) is 1. The molecule has 1 unspecified atom stereocenters. The fourth-order valence-corrected chi connectivity index (χ4v) is 8.42. The lowest BCUT2D eigenvalue weighted by atomic mass is 9.70. The first-order chi connectivity index (χ1) is 24.5. The summed E-state index contributed by atoms with van der Waals surface area (Å²) in [6.45, 7) is 4.86. The van der Waals surface area contributed by atoms with Crippen LogP contribution in [0.2, 0.25) is 0 Å². The van der Waals surface area contributed by atoms with Gasteiger partial charge in [-0.3, -0.25) is 0 Å². The average Bonchev–Trinajstić information content (AvgIpc) is 3.15. The molecule has 1 saturated carbocycles. The summed E-state index contributed by atoms with van der Waals surface area (Å²) in [5.41, 5.74) is 4.21. The molecule has 2 aliphatic carbocycles. The Kier molecular flexibility index (Phi) is 15.4. The van der Waals surface area contributed by atoms with Gasteiger partial charge in [-0.1, -0.05) is 146 Å². The Morgan fingerprint density at radius 3 is 1.86 bits per heavy atom. The molecule has 1 fully saturated rings. The van der Waals surface area contributed by atoms with Gasteiger partial charge in [0.05, 0.1) is 6.61 Å². The van der Waals surface area contributed by atoms with Gasteiger partial charge < -0.3 is 4.74 Å². The molecule has 1 atom stereocenters. The number of unbranched alkanes of at least 4 members (excludes halogenated alkanes) is 10. The van der Waals surface area contributed by atoms with Gasteiger partial charge in [-0.25, -0.2) is 8.78 Å². The summed E-state index contributed by atoms with van der Waals surface area (Å²) < 4.78 is 51.1. The fraction of sp³-hybridized carbons (Fsp3) is 0.565. The lowest BCUT2D eigenvalue weighted by Gasteiger charge is -2.35. The van der Waals surface area contributed by atoms with Crippen LogP contribution in [0.4, 0.5) is 13.2 Å². The molecule has 0 amide bonds. The van der Waals surface area contributed by atoms with Crippen molar-refractivity contribution in [1.82, 2.24) is 0 Å². The normalized spacial score (nSPS) is 19.4. The maximum Gasteiger partial charge on any atom is 0.201 e. The molecular formula is C46H61F3O. The predicted molar refractivity (Wildman–Crippen MR) is 205 cm³/mol. The zero-order valence-electron chi connectivity index (χ0n) is 30.9. The van der Waals surface area contributed by atoms with Gasteiger partial charge in [0.15, 0.2) is 11.6 Å². The molecule has 0 radical (unpaired) electrons. The lowest BCUT2D eigenvalue weighted by molar-refractivity contribution is 0.187. The van der Waals surface area contributed by atoms with Crippen LogP contribution in [0, 0.1) is 35.2 Å². The van der Waals surface area contributed by atoms with Gasteiger partial charge in [0.25, 0.3) is 0 Å². The standard InChI is InChI=1S/C46H61F3O/c1-3-5-7-9-10-12-14-32-50-44-31-30-42(45(48)46(44)49)39-26-22-37(23-27-39)40-28-29-41(43(47)33-40)38-24-20-36(21-25-38)35-18-16-34(17-19-35)15-13-11-8-6-4-2/h22-24,26-31,33-36H,3-21,25,32H2,1-2H3. The Morgan fingerprint density at radius 1 is 0.580 bits per heavy atom. The SMILES string of the molecule is CCCCCCCCCOc1ccc(-c2ccc(-c3ccc(C4=CCC(C5CCC(CCCCCCC)CC5)CC4)c(F)c3)cc2)c(F)c1F. The van der Waals surface area contributed by atoms with E-state index in [2.05, 4.69) is 19.9 Å². The van der Waals surface area contributed by atoms with E-state index < -0.39 is 11.6 Å². The van der Waals surface area contributed by atoms with Gasteiger partial charge in [0, 0.05) is 11.1 Å². The number of allylic oxidation sites excluding steroid dienone is 2. The maximum absolute atomic E-state index is 15.5. The first-order valence-electron chi connectivity index (χ1n) is 20.2. The van der Waals surface area contributed by atoms with Gasteiger partial charge in [-0.2, -0.15) is 4.39 Å². The van der Waals surface area contributed by atoms with E-state index in [1.807, 2.05) is 24.3 Å². The van der Waals surface area contributed by atoms with Crippen LogP contribution in [-0.4, -0.2) is 6.61 Å². The highest BCUT2D eigenvalue weighted by atomic mass is 19.2. The summed E-state index contributed by atoms with van der Waals surface area (Å²) in [6, 6.07) is 15.8. The van der Waals surface area contributed by atoms with E-state index in [1.54, 1.807) is 24.3 Å². The van der Waals surface area contributed by atoms with Gasteiger partial charge in [-0.15, -0.1) is 0 Å². The summed E-state index contributed by atoms with van der Waals surface area (Å²) in [6.07, 6.45) is 27.3. The average molecular weight is 687 g/mol. The van der Waals surface area contributed by atoms with E-state index in [9.17, 15) is 4.39 Å². The van der Waals surface area contributed by atoms with Crippen LogP contribution in [0.1, 0.15) is 148 Å². The van der Waals surface area contributed by atoms with E-state index in [0.29, 0.717) is 17.7 Å². The van der Waals surface area contributed by atoms with Crippen molar-refractivity contribution in [3.63, 3.8) is 0 Å². The van der Waals surface area contributed by atoms with Crippen LogP contribution in [0.5, 0.6) is 5.75 Å². The van der Waals surface area contributed by atoms with Crippen LogP contribution >= 0.6 is 0 Å². The number of hydrogen-bond acceptors (Lipinski definition) is 1. The van der Waals surface area contributed by atoms with Crippen molar-refractivity contribution >= 4 is 5.57 Å². The molecule has 4 heteroatoms. The van der Waals surface area contributed by atoms with Crippen molar-refractivity contribution in [3.8, 4) is 28.0 Å². The molecule has 272 valence electrons. The van der Waals surface area contributed by atoms with E-state index >= 15 is 8.78 Å². The molecular weight excluding hydrogens is 625 g/mol. The first kappa shape index (κ1) is 38.2. The number of hydrogen-bond donors (Lipinski definition) is 0. The summed E-state index contributed by atoms with van der Waals surface area (Å²) >= 11 is 0. The van der Waals surface area contributed by atoms with E-state index in [1.165, 1.54) is 96.0 Å². The van der Waals surface area contributed by atoms with Crippen molar-refractivity contribution in [1.29, 1.82) is 0 Å². The number of benzene rings is 3. The molecule has 0 saturated heterocycles. The van der Waals surface area contributed by atoms with Gasteiger partial charge >= 0.3 is 0 Å². The van der Waals surface area contributed by atoms with Crippen LogP contribution in [-0.2, 0) is 0 Å². The zero-order chi connectivity index (χ0) is 35.1. The largest absolute Gasteiger partial charge is 0.490 e. The topological polar surface area (TPSA) is 9.23 Å². The van der Waals surface area contributed by atoms with Crippen LogP contribution < -0.4 is 4.74 Å². The third kappa shape index (κ3) is 10.8. The maximum atomic E-state index is 15.5. The quantitative estimate of drug-likeness (QED) is 0.114. The van der Waals surface area contributed by atoms with Crippen molar-refractivity contribution < 1.29 is 17.9 Å². The third-order valence-corrected chi connectivity index (χ3v) is 11.6. The molecule has 3 aromatic carbocycles. The van der Waals surface area contributed by atoms with Crippen molar-refractivity contribution in [2.45, 2.75) is 142 Å². The molecule has 1 nitrogen and oxygen atoms in total. The molecule has 0 aromatic heterocycles. The summed E-state index contributed by atoms with van der Waals surface area (Å²) in [5.74, 6) is 0.402. The highest BCUT2D eigenvalue weighted by Crippen LogP contribution is 2.43. The van der Waals surface area contributed by atoms with Gasteiger partial charge in [-0.05, 0) is 96.7 Å². The lowest BCUT2D eigenvalue weighted by Crippen LogP contribution is -2.23. The number of halogens is 3. The second-order valence-corrected chi connectivity index (χ2v) is 15.2. The molecule has 3 aromatic rings. The minimum Gasteiger partial charge on any atom is -0.490 e. The highest BCUT2D eigenvalue weighted by molar-refractivity contribution is 5.74. The van der Waals surface area contributed by atoms with E-state index in [4.69, 9.17) is 4.74 Å². The van der Waals surface area contributed by atoms with Gasteiger partial charge in [0.2, 0.25) is 5.82 Å². The minimum atomic E-state index is -0.952. The molecule has 0 bridgehead atoms. The molecule has 5 rings (SSSR count). The summed E-state index contributed by atoms with van der Waals surface area (Å²) in [5, 5.41) is 0. The zero-order valence-corrected chi connectivity index (χ0v) is 30.9. The second kappa shape index (κ2) is 20.1. The van der Waals surface area contributed by atoms with Crippen molar-refractivity contribution in [2.75, 3.05) is 6.61 Å². The fourth-order valence-electron chi connectivity index (χ4n) is 8.42. The smallest absolute Gasteiger partial charge is 0.201 e. The Bertz CT molecular complexity index is 1480. The Morgan fingerprint density at radius 2 is 1.20 bits per heavy atom. The summed E-state index contributed by atoms with van der Waals surface area (Å²) in [7, 11) is 0. The monoisotopic (exact) mass is 686 g/mol. The molecule has 0 heterocycles. The molecule has 0 N–H and O–H groups in total. The molecule has 0 spiro atoms. The third-order valence-electron chi connectivity index (χ3n) is 11.6. The van der Waals surface area contributed by atoms with E-state index in [-0.39, 0.29) is 17.1 Å².